The molecule has 1 heterocycles. The molecule has 0 spiro atoms. The molecule has 1 unspecified atom stereocenters. The van der Waals surface area contributed by atoms with Gasteiger partial charge in [0.05, 0.1) is 23.6 Å². The van der Waals surface area contributed by atoms with Crippen molar-refractivity contribution in [1.29, 1.82) is 0 Å². The van der Waals surface area contributed by atoms with E-state index in [-0.39, 0.29) is 18.5 Å². The lowest BCUT2D eigenvalue weighted by Gasteiger charge is -2.13. The lowest BCUT2D eigenvalue weighted by atomic mass is 10.1. The number of carbonyl (C=O) groups excluding carboxylic acids is 1. The van der Waals surface area contributed by atoms with Gasteiger partial charge < -0.3 is 15.6 Å². The number of nitrogens with one attached hydrogen (secondary N) is 1. The van der Waals surface area contributed by atoms with Gasteiger partial charge in [-0.1, -0.05) is 6.07 Å². The van der Waals surface area contributed by atoms with E-state index in [0.717, 1.165) is 29.0 Å². The summed E-state index contributed by atoms with van der Waals surface area (Å²) in [7, 11) is 0. The fourth-order valence-electron chi connectivity index (χ4n) is 2.32. The Bertz CT molecular complexity index is 603. The van der Waals surface area contributed by atoms with E-state index < -0.39 is 0 Å². The molecule has 102 valence electrons. The number of nitrogens with two attached hydrogens (primary N) is 1. The Morgan fingerprint density at radius 2 is 2.26 bits per heavy atom. The Morgan fingerprint density at radius 1 is 1.53 bits per heavy atom. The van der Waals surface area contributed by atoms with Crippen molar-refractivity contribution in [3.63, 3.8) is 0 Å². The summed E-state index contributed by atoms with van der Waals surface area (Å²) in [4.78, 5) is 15.9. The predicted octanol–water partition coefficient (Wildman–Crippen LogP) is 1.50. The summed E-state index contributed by atoms with van der Waals surface area (Å²) >= 11 is 0. The molecular weight excluding hydrogens is 240 g/mol. The molecule has 19 heavy (non-hydrogen) atoms. The fraction of sp³-hybridized carbons (Fsp3) is 0.429. The molecular formula is C14H20N4O. The van der Waals surface area contributed by atoms with E-state index in [2.05, 4.69) is 27.9 Å². The van der Waals surface area contributed by atoms with Gasteiger partial charge in [-0.25, -0.2) is 4.98 Å². The van der Waals surface area contributed by atoms with E-state index in [1.54, 1.807) is 0 Å². The molecule has 0 radical (unpaired) electrons. The van der Waals surface area contributed by atoms with Crippen molar-refractivity contribution in [2.75, 3.05) is 6.54 Å². The molecule has 0 saturated carbocycles. The van der Waals surface area contributed by atoms with E-state index in [0.29, 0.717) is 0 Å². The molecule has 1 atom stereocenters. The number of hydrogen-bond acceptors (Lipinski definition) is 3. The van der Waals surface area contributed by atoms with Gasteiger partial charge in [-0.05, 0) is 38.5 Å². The lowest BCUT2D eigenvalue weighted by molar-refractivity contribution is -0.120. The quantitative estimate of drug-likeness (QED) is 0.875. The molecule has 0 aliphatic heterocycles. The van der Waals surface area contributed by atoms with Gasteiger partial charge in [0, 0.05) is 6.54 Å². The topological polar surface area (TPSA) is 72.9 Å². The first-order valence-corrected chi connectivity index (χ1v) is 6.53. The lowest BCUT2D eigenvalue weighted by Crippen LogP contribution is -2.32. The molecule has 0 bridgehead atoms. The van der Waals surface area contributed by atoms with Gasteiger partial charge in [0.2, 0.25) is 5.91 Å². The number of rotatable bonds is 4. The third kappa shape index (κ3) is 2.61. The van der Waals surface area contributed by atoms with Crippen LogP contribution in [0.5, 0.6) is 0 Å². The number of amides is 1. The van der Waals surface area contributed by atoms with E-state index >= 15 is 0 Å². The first-order valence-electron chi connectivity index (χ1n) is 6.53. The van der Waals surface area contributed by atoms with Crippen LogP contribution >= 0.6 is 0 Å². The summed E-state index contributed by atoms with van der Waals surface area (Å²) in [5.74, 6) is 0.858. The third-order valence-electron chi connectivity index (χ3n) is 3.34. The van der Waals surface area contributed by atoms with Crippen LogP contribution in [0, 0.1) is 6.92 Å². The van der Waals surface area contributed by atoms with Gasteiger partial charge >= 0.3 is 0 Å². The van der Waals surface area contributed by atoms with E-state index in [1.807, 2.05) is 26.0 Å². The van der Waals surface area contributed by atoms with E-state index in [1.165, 1.54) is 0 Å². The number of benzene rings is 1. The van der Waals surface area contributed by atoms with Crippen molar-refractivity contribution >= 4 is 16.9 Å². The van der Waals surface area contributed by atoms with Crippen LogP contribution in [-0.4, -0.2) is 22.0 Å². The van der Waals surface area contributed by atoms with Crippen molar-refractivity contribution in [2.24, 2.45) is 5.73 Å². The van der Waals surface area contributed by atoms with Crippen LogP contribution in [0.3, 0.4) is 0 Å². The standard InChI is InChI=1S/C14H20N4O/c1-4-18-10(3)17-12-7-11(5-6-13(12)18)9(2)16-14(19)8-15/h5-7,9H,4,8,15H2,1-3H3,(H,16,19). The summed E-state index contributed by atoms with van der Waals surface area (Å²) in [6.07, 6.45) is 0. The Kier molecular flexibility index (Phi) is 3.85. The molecule has 1 aromatic heterocycles. The van der Waals surface area contributed by atoms with Crippen LogP contribution < -0.4 is 11.1 Å². The summed E-state index contributed by atoms with van der Waals surface area (Å²) < 4.78 is 2.17. The molecule has 2 rings (SSSR count). The first-order chi connectivity index (χ1) is 9.06. The normalized spacial score (nSPS) is 12.6. The minimum atomic E-state index is -0.150. The summed E-state index contributed by atoms with van der Waals surface area (Å²) in [6, 6.07) is 6.04. The Labute approximate surface area is 112 Å². The van der Waals surface area contributed by atoms with Gasteiger partial charge in [0.25, 0.3) is 0 Å². The molecule has 0 aliphatic carbocycles. The van der Waals surface area contributed by atoms with Crippen LogP contribution in [0.4, 0.5) is 0 Å². The predicted molar refractivity (Wildman–Crippen MR) is 75.8 cm³/mol. The van der Waals surface area contributed by atoms with Gasteiger partial charge in [-0.15, -0.1) is 0 Å². The van der Waals surface area contributed by atoms with E-state index in [4.69, 9.17) is 5.73 Å². The number of hydrogen-bond donors (Lipinski definition) is 2. The fourth-order valence-corrected chi connectivity index (χ4v) is 2.32. The molecule has 5 nitrogen and oxygen atoms in total. The molecule has 2 aromatic rings. The highest BCUT2D eigenvalue weighted by Gasteiger charge is 2.11. The van der Waals surface area contributed by atoms with Crippen molar-refractivity contribution < 1.29 is 4.79 Å². The molecule has 0 aliphatic rings. The number of aromatic nitrogens is 2. The number of carbonyl (C=O) groups is 1. The molecule has 1 amide bonds. The second kappa shape index (κ2) is 5.40. The van der Waals surface area contributed by atoms with Gasteiger partial charge in [0.15, 0.2) is 0 Å². The second-order valence-electron chi connectivity index (χ2n) is 4.64. The average Bonchev–Trinajstić information content (AvgIpc) is 2.72. The molecule has 5 heteroatoms. The van der Waals surface area contributed by atoms with Crippen molar-refractivity contribution in [1.82, 2.24) is 14.9 Å². The maximum Gasteiger partial charge on any atom is 0.234 e. The monoisotopic (exact) mass is 260 g/mol. The average molecular weight is 260 g/mol. The minimum Gasteiger partial charge on any atom is -0.348 e. The minimum absolute atomic E-state index is 0.0101. The zero-order valence-electron chi connectivity index (χ0n) is 11.6. The Hall–Kier alpha value is -1.88. The van der Waals surface area contributed by atoms with Crippen molar-refractivity contribution in [3.05, 3.63) is 29.6 Å². The summed E-state index contributed by atoms with van der Waals surface area (Å²) in [5, 5.41) is 2.85. The maximum atomic E-state index is 11.3. The first kappa shape index (κ1) is 13.5. The Morgan fingerprint density at radius 3 is 2.89 bits per heavy atom. The van der Waals surface area contributed by atoms with Gasteiger partial charge in [-0.2, -0.15) is 0 Å². The van der Waals surface area contributed by atoms with Gasteiger partial charge in [-0.3, -0.25) is 4.79 Å². The van der Waals surface area contributed by atoms with Crippen LogP contribution in [0.1, 0.15) is 31.3 Å². The highest BCUT2D eigenvalue weighted by atomic mass is 16.1. The van der Waals surface area contributed by atoms with Gasteiger partial charge in [0.1, 0.15) is 5.82 Å². The van der Waals surface area contributed by atoms with Crippen LogP contribution in [-0.2, 0) is 11.3 Å². The molecule has 0 saturated heterocycles. The largest absolute Gasteiger partial charge is 0.348 e. The number of nitrogens with zero attached hydrogens (tertiary/aromatic N) is 2. The van der Waals surface area contributed by atoms with Crippen LogP contribution in [0.25, 0.3) is 11.0 Å². The van der Waals surface area contributed by atoms with E-state index in [9.17, 15) is 4.79 Å². The van der Waals surface area contributed by atoms with Crippen LogP contribution in [0.15, 0.2) is 18.2 Å². The molecule has 3 N–H and O–H groups in total. The number of aryl methyl sites for hydroxylation is 2. The van der Waals surface area contributed by atoms with Crippen molar-refractivity contribution in [3.8, 4) is 0 Å². The molecule has 1 aromatic carbocycles. The van der Waals surface area contributed by atoms with Crippen molar-refractivity contribution in [2.45, 2.75) is 33.4 Å². The number of fused-ring (bicyclic) bond motifs is 1. The summed E-state index contributed by atoms with van der Waals surface area (Å²) in [5.41, 5.74) is 8.43. The number of imidazole rings is 1. The third-order valence-corrected chi connectivity index (χ3v) is 3.34. The molecule has 0 fully saturated rings. The highest BCUT2D eigenvalue weighted by molar-refractivity contribution is 5.79. The van der Waals surface area contributed by atoms with Crippen LogP contribution in [0.2, 0.25) is 0 Å². The maximum absolute atomic E-state index is 11.3. The zero-order valence-corrected chi connectivity index (χ0v) is 11.6. The smallest absolute Gasteiger partial charge is 0.234 e. The SMILES string of the molecule is CCn1c(C)nc2cc(C(C)NC(=O)CN)ccc21. The second-order valence-corrected chi connectivity index (χ2v) is 4.64. The summed E-state index contributed by atoms with van der Waals surface area (Å²) in [6.45, 7) is 6.96. The Balaban J connectivity index is 2.34. The highest BCUT2D eigenvalue weighted by Crippen LogP contribution is 2.21. The zero-order chi connectivity index (χ0) is 14.0.